The van der Waals surface area contributed by atoms with Crippen LogP contribution in [0.15, 0.2) is 67.3 Å². The second-order valence-corrected chi connectivity index (χ2v) is 27.3. The lowest BCUT2D eigenvalue weighted by Crippen LogP contribution is -2.59. The number of carbonyl (C=O) groups is 15. The fourth-order valence-corrected chi connectivity index (χ4v) is 11.7. The number of H-pyrrole nitrogens is 2. The number of nitrogens with one attached hydrogen (secondary N) is 12. The van der Waals surface area contributed by atoms with E-state index in [-0.39, 0.29) is 128 Å². The van der Waals surface area contributed by atoms with Crippen molar-refractivity contribution in [3.8, 4) is 0 Å². The number of thioether (sulfide) groups is 1. The predicted molar refractivity (Wildman–Crippen MR) is 387 cm³/mol. The number of hydrogen-bond acceptors (Lipinski definition) is 21. The van der Waals surface area contributed by atoms with Crippen LogP contribution in [0.3, 0.4) is 0 Å². The van der Waals surface area contributed by atoms with Crippen LogP contribution in [0.4, 0.5) is 5.69 Å². The minimum absolute atomic E-state index is 0.0791. The number of rotatable bonds is 41. The zero-order chi connectivity index (χ0) is 78.2. The number of primary amides is 2. The zero-order valence-electron chi connectivity index (χ0n) is 60.2. The fourth-order valence-electron chi connectivity index (χ4n) is 11.3. The fraction of sp³-hybridized carbons (Fsp3) is 0.529. The van der Waals surface area contributed by atoms with Gasteiger partial charge in [0.2, 0.25) is 65.0 Å². The average molecular weight is 1500 g/mol. The average Bonchev–Trinajstić information content (AvgIpc) is 1.62. The number of hydrogen-bond donors (Lipinski definition) is 17. The molecule has 37 nitrogen and oxygen atoms in total. The molecule has 1 fully saturated rings. The van der Waals surface area contributed by atoms with Gasteiger partial charge in [0.15, 0.2) is 0 Å². The molecule has 0 saturated carbocycles. The molecule has 0 bridgehead atoms. The van der Waals surface area contributed by atoms with Crippen LogP contribution in [-0.4, -0.2) is 285 Å². The van der Waals surface area contributed by atoms with Gasteiger partial charge in [-0.15, -0.1) is 0 Å². The SMILES string of the molecule is CSCC[C@H](NC(=O)[C@H](CC(C)C)NC(=O)[C@H](Cc1cnc[nH]1)NC(=O)CNC(=O)[C@@H](NC(=O)[C@H](C)NC(=O)[C@H](Cc1c[nH]c2ccccc12)NC(=O)C(CCC(N)=O)NC(=O)c1cccc(NC(=O)CNC(=O)CN2CCN(CC(=O)O)CCN(CC(=O)O)CCN(CC(=O)O)CC2)c1)C(C)C)C(N)=O. The van der Waals surface area contributed by atoms with Crippen LogP contribution in [0.25, 0.3) is 10.9 Å². The molecule has 1 aliphatic heterocycles. The van der Waals surface area contributed by atoms with Gasteiger partial charge < -0.3 is 89.9 Å². The number of carbonyl (C=O) groups excluding carboxylic acids is 12. The van der Waals surface area contributed by atoms with Crippen molar-refractivity contribution in [3.05, 3.63) is 84.1 Å². The summed E-state index contributed by atoms with van der Waals surface area (Å²) in [5.41, 5.74) is 12.7. The van der Waals surface area contributed by atoms with Gasteiger partial charge in [-0.25, -0.2) is 4.98 Å². The molecule has 2 aromatic carbocycles. The third-order valence-corrected chi connectivity index (χ3v) is 17.6. The van der Waals surface area contributed by atoms with Crippen LogP contribution < -0.4 is 64.6 Å². The predicted octanol–water partition coefficient (Wildman–Crippen LogP) is -3.74. The molecular formula is C68H99N19O18S. The van der Waals surface area contributed by atoms with Gasteiger partial charge in [0.25, 0.3) is 5.91 Å². The van der Waals surface area contributed by atoms with E-state index in [1.165, 1.54) is 55.5 Å². The monoisotopic (exact) mass is 1500 g/mol. The Kier molecular flexibility index (Phi) is 35.4. The highest BCUT2D eigenvalue weighted by atomic mass is 32.2. The van der Waals surface area contributed by atoms with E-state index in [9.17, 15) is 87.2 Å². The number of imidazole rings is 1. The number of fused-ring (bicyclic) bond motifs is 1. The number of benzene rings is 2. The van der Waals surface area contributed by atoms with Crippen LogP contribution in [-0.2, 0) is 80.0 Å². The Hall–Kier alpha value is -10.6. The largest absolute Gasteiger partial charge is 0.480 e. The first-order valence-electron chi connectivity index (χ1n) is 34.5. The van der Waals surface area contributed by atoms with E-state index in [1.807, 2.05) is 20.1 Å². The molecule has 106 heavy (non-hydrogen) atoms. The minimum atomic E-state index is -1.54. The number of anilines is 1. The summed E-state index contributed by atoms with van der Waals surface area (Å²) in [5.74, 6) is -13.2. The van der Waals surface area contributed by atoms with Gasteiger partial charge in [0, 0.05) is 112 Å². The normalized spacial score (nSPS) is 15.4. The summed E-state index contributed by atoms with van der Waals surface area (Å²) in [7, 11) is 0. The Morgan fingerprint density at radius 1 is 0.547 bits per heavy atom. The first-order chi connectivity index (χ1) is 50.3. The zero-order valence-corrected chi connectivity index (χ0v) is 61.0. The maximum absolute atomic E-state index is 14.5. The first kappa shape index (κ1) is 86.1. The van der Waals surface area contributed by atoms with E-state index in [2.05, 4.69) is 68.1 Å². The number of aromatic nitrogens is 3. The van der Waals surface area contributed by atoms with Crippen LogP contribution in [0, 0.1) is 11.8 Å². The van der Waals surface area contributed by atoms with E-state index in [1.54, 1.807) is 63.9 Å². The summed E-state index contributed by atoms with van der Waals surface area (Å²) in [6, 6.07) is 3.35. The van der Waals surface area contributed by atoms with E-state index in [0.717, 1.165) is 0 Å². The Morgan fingerprint density at radius 2 is 1.09 bits per heavy atom. The molecule has 580 valence electrons. The van der Waals surface area contributed by atoms with Crippen molar-refractivity contribution in [3.63, 3.8) is 0 Å². The van der Waals surface area contributed by atoms with Gasteiger partial charge >= 0.3 is 17.9 Å². The number of carboxylic acids is 3. The van der Waals surface area contributed by atoms with Crippen LogP contribution in [0.1, 0.15) is 81.9 Å². The smallest absolute Gasteiger partial charge is 0.317 e. The van der Waals surface area contributed by atoms with Gasteiger partial charge in [0.05, 0.1) is 45.6 Å². The number of carboxylic acid groups (broad SMARTS) is 3. The first-order valence-corrected chi connectivity index (χ1v) is 35.9. The number of amides is 12. The molecular weight excluding hydrogens is 1400 g/mol. The summed E-state index contributed by atoms with van der Waals surface area (Å²) in [4.78, 5) is 214. The van der Waals surface area contributed by atoms with Gasteiger partial charge in [-0.3, -0.25) is 91.5 Å². The topological polar surface area (TPSA) is 547 Å². The van der Waals surface area contributed by atoms with Gasteiger partial charge in [-0.05, 0) is 79.9 Å². The molecule has 0 radical (unpaired) electrons. The molecule has 12 amide bonds. The summed E-state index contributed by atoms with van der Waals surface area (Å²) >= 11 is 1.45. The van der Waals surface area contributed by atoms with Crippen molar-refractivity contribution in [1.82, 2.24) is 82.4 Å². The minimum Gasteiger partial charge on any atom is -0.480 e. The van der Waals surface area contributed by atoms with Crippen molar-refractivity contribution in [2.75, 3.05) is 109 Å². The standard InChI is InChI=1S/C68H99N19O18S/c1-39(2)26-50(66(103)79-48(61(70)98)16-25-106-6)81-67(104)52(29-45-31-71-38-75-45)78-55(90)33-74-68(105)60(40(3)4)83-62(99)41(5)76-65(102)51(28-43-30-72-47-13-8-7-12-46(43)47)82-64(101)49(14-15-53(69)88)80-63(100)42-10-9-11-44(27-42)77-54(89)32-73-56(91)34-84-17-19-85(35-57(92)93)21-23-87(37-59(96)97)24-22-86(20-18-84)36-58(94)95/h7-13,27,30-31,38-41,48-52,60,72H,14-26,28-29,32-37H2,1-6H3,(H2,69,88)(H2,70,98)(H,71,75)(H,73,91)(H,74,105)(H,76,102)(H,77,89)(H,78,90)(H,79,103)(H,80,100)(H,81,104)(H,82,101)(H,83,99)(H,92,93)(H,94,95)(H,96,97)/t41-,48-,49?,50-,51-,52-,60-/m0/s1. The van der Waals surface area contributed by atoms with Crippen molar-refractivity contribution >= 4 is 117 Å². The molecule has 2 aromatic heterocycles. The molecule has 1 unspecified atom stereocenters. The molecule has 7 atom stereocenters. The van der Waals surface area contributed by atoms with Crippen molar-refractivity contribution in [2.45, 2.75) is 115 Å². The number of para-hydroxylation sites is 1. The maximum Gasteiger partial charge on any atom is 0.317 e. The highest BCUT2D eigenvalue weighted by Gasteiger charge is 2.35. The molecule has 1 aliphatic rings. The molecule has 38 heteroatoms. The van der Waals surface area contributed by atoms with Crippen LogP contribution in [0.5, 0.6) is 0 Å². The molecule has 0 spiro atoms. The van der Waals surface area contributed by atoms with Crippen LogP contribution in [0.2, 0.25) is 0 Å². The Labute approximate surface area is 616 Å². The van der Waals surface area contributed by atoms with E-state index in [4.69, 9.17) is 11.5 Å². The van der Waals surface area contributed by atoms with E-state index < -0.39 is 157 Å². The molecule has 1 saturated heterocycles. The third kappa shape index (κ3) is 30.6. The van der Waals surface area contributed by atoms with Crippen molar-refractivity contribution < 1.29 is 87.2 Å². The lowest BCUT2D eigenvalue weighted by molar-refractivity contribution is -0.140. The number of nitrogens with zero attached hydrogens (tertiary/aromatic N) is 5. The number of aromatic amines is 2. The van der Waals surface area contributed by atoms with E-state index >= 15 is 0 Å². The Balaban J connectivity index is 1.24. The third-order valence-electron chi connectivity index (χ3n) is 16.9. The Bertz CT molecular complexity index is 3670. The summed E-state index contributed by atoms with van der Waals surface area (Å²) < 4.78 is 0. The van der Waals surface area contributed by atoms with Gasteiger partial charge in [-0.1, -0.05) is 52.0 Å². The van der Waals surface area contributed by atoms with Crippen molar-refractivity contribution in [2.24, 2.45) is 23.3 Å². The van der Waals surface area contributed by atoms with Crippen molar-refractivity contribution in [1.29, 1.82) is 0 Å². The summed E-state index contributed by atoms with van der Waals surface area (Å²) in [6.45, 7) is 6.81. The Morgan fingerprint density at radius 3 is 1.65 bits per heavy atom. The second-order valence-electron chi connectivity index (χ2n) is 26.4. The highest BCUT2D eigenvalue weighted by molar-refractivity contribution is 7.98. The highest BCUT2D eigenvalue weighted by Crippen LogP contribution is 2.20. The lowest BCUT2D eigenvalue weighted by Gasteiger charge is -2.32. The maximum atomic E-state index is 14.5. The number of aliphatic carboxylic acids is 3. The summed E-state index contributed by atoms with van der Waals surface area (Å²) in [6.07, 6.45) is 5.53. The lowest BCUT2D eigenvalue weighted by atomic mass is 10.0. The van der Waals surface area contributed by atoms with Gasteiger partial charge in [0.1, 0.15) is 42.3 Å². The van der Waals surface area contributed by atoms with Crippen LogP contribution >= 0.6 is 11.8 Å². The number of nitrogens with two attached hydrogens (primary N) is 2. The quantitative estimate of drug-likeness (QED) is 0.0203. The molecule has 0 aliphatic carbocycles. The molecule has 19 N–H and O–H groups in total. The summed E-state index contributed by atoms with van der Waals surface area (Å²) in [5, 5.41) is 55.2. The molecule has 5 rings (SSSR count). The molecule has 4 aromatic rings. The van der Waals surface area contributed by atoms with E-state index in [0.29, 0.717) is 27.9 Å². The molecule has 3 heterocycles. The van der Waals surface area contributed by atoms with Gasteiger partial charge in [-0.2, -0.15) is 11.8 Å². The second kappa shape index (κ2) is 43.6.